The molecule has 0 radical (unpaired) electrons. The number of rotatable bonds is 6. The second kappa shape index (κ2) is 8.16. The van der Waals surface area contributed by atoms with E-state index in [0.717, 1.165) is 16.5 Å². The quantitative estimate of drug-likeness (QED) is 0.659. The molecular weight excluding hydrogens is 328 g/mol. The molecule has 0 saturated heterocycles. The van der Waals surface area contributed by atoms with Crippen molar-refractivity contribution in [1.29, 1.82) is 0 Å². The number of hydrogen-bond donors (Lipinski definition) is 2. The largest absolute Gasteiger partial charge is 0.462 e. The zero-order chi connectivity index (χ0) is 18.4. The van der Waals surface area contributed by atoms with Crippen molar-refractivity contribution in [2.75, 3.05) is 23.8 Å². The van der Waals surface area contributed by atoms with Crippen LogP contribution in [0.15, 0.2) is 66.7 Å². The molecule has 3 aromatic rings. The number of hydrogen-bond acceptors (Lipinski definition) is 4. The van der Waals surface area contributed by atoms with Crippen LogP contribution in [0.5, 0.6) is 0 Å². The summed E-state index contributed by atoms with van der Waals surface area (Å²) in [5.74, 6) is -0.537. The predicted octanol–water partition coefficient (Wildman–Crippen LogP) is 4.07. The molecule has 0 unspecified atom stereocenters. The van der Waals surface area contributed by atoms with Gasteiger partial charge in [0.05, 0.1) is 18.7 Å². The molecule has 0 bridgehead atoms. The molecule has 0 aliphatic rings. The third-order valence-corrected chi connectivity index (χ3v) is 3.91. The molecule has 0 atom stereocenters. The van der Waals surface area contributed by atoms with E-state index in [1.807, 2.05) is 42.5 Å². The van der Waals surface area contributed by atoms with E-state index in [1.54, 1.807) is 31.2 Å². The molecule has 3 aromatic carbocycles. The Morgan fingerprint density at radius 2 is 1.65 bits per heavy atom. The first-order valence-electron chi connectivity index (χ1n) is 8.46. The van der Waals surface area contributed by atoms with Gasteiger partial charge in [-0.3, -0.25) is 4.79 Å². The van der Waals surface area contributed by atoms with Crippen molar-refractivity contribution in [2.24, 2.45) is 0 Å². The van der Waals surface area contributed by atoms with Crippen LogP contribution >= 0.6 is 0 Å². The Hall–Kier alpha value is -3.34. The number of carbonyl (C=O) groups excluding carboxylic acids is 2. The van der Waals surface area contributed by atoms with Crippen LogP contribution in [-0.2, 0) is 9.53 Å². The van der Waals surface area contributed by atoms with Gasteiger partial charge in [-0.2, -0.15) is 0 Å². The lowest BCUT2D eigenvalue weighted by molar-refractivity contribution is -0.114. The molecule has 0 spiro atoms. The van der Waals surface area contributed by atoms with Gasteiger partial charge in [-0.25, -0.2) is 4.79 Å². The number of benzene rings is 3. The van der Waals surface area contributed by atoms with E-state index < -0.39 is 0 Å². The number of nitrogens with one attached hydrogen (secondary N) is 2. The van der Waals surface area contributed by atoms with Crippen LogP contribution in [0.3, 0.4) is 0 Å². The Balaban J connectivity index is 1.59. The van der Waals surface area contributed by atoms with Crippen molar-refractivity contribution >= 4 is 34.0 Å². The SMILES string of the molecule is CCOC(=O)c1ccc(NC(=O)CNc2cccc3ccccc23)cc1. The van der Waals surface area contributed by atoms with Gasteiger partial charge in [0.1, 0.15) is 0 Å². The minimum absolute atomic E-state index is 0.146. The van der Waals surface area contributed by atoms with Gasteiger partial charge in [0.15, 0.2) is 0 Å². The van der Waals surface area contributed by atoms with Gasteiger partial charge in [0.25, 0.3) is 0 Å². The molecule has 0 saturated carbocycles. The fourth-order valence-electron chi connectivity index (χ4n) is 2.66. The van der Waals surface area contributed by atoms with E-state index in [4.69, 9.17) is 4.74 Å². The normalized spacial score (nSPS) is 10.3. The lowest BCUT2D eigenvalue weighted by Crippen LogP contribution is -2.21. The Labute approximate surface area is 152 Å². The summed E-state index contributed by atoms with van der Waals surface area (Å²) >= 11 is 0. The average Bonchev–Trinajstić information content (AvgIpc) is 2.67. The summed E-state index contributed by atoms with van der Waals surface area (Å²) in [7, 11) is 0. The second-order valence-corrected chi connectivity index (χ2v) is 5.73. The van der Waals surface area contributed by atoms with Gasteiger partial charge >= 0.3 is 5.97 Å². The molecule has 26 heavy (non-hydrogen) atoms. The molecule has 0 aliphatic carbocycles. The Bertz CT molecular complexity index is 915. The maximum atomic E-state index is 12.2. The summed E-state index contributed by atoms with van der Waals surface area (Å²) in [6.45, 7) is 2.24. The Morgan fingerprint density at radius 1 is 0.923 bits per heavy atom. The number of fused-ring (bicyclic) bond motifs is 1. The summed E-state index contributed by atoms with van der Waals surface area (Å²) in [6.07, 6.45) is 0. The van der Waals surface area contributed by atoms with Crippen LogP contribution in [0.25, 0.3) is 10.8 Å². The lowest BCUT2D eigenvalue weighted by Gasteiger charge is -2.10. The number of carbonyl (C=O) groups is 2. The monoisotopic (exact) mass is 348 g/mol. The first-order valence-corrected chi connectivity index (χ1v) is 8.46. The predicted molar refractivity (Wildman–Crippen MR) is 103 cm³/mol. The van der Waals surface area contributed by atoms with Gasteiger partial charge in [0, 0.05) is 16.8 Å². The van der Waals surface area contributed by atoms with E-state index in [-0.39, 0.29) is 18.4 Å². The van der Waals surface area contributed by atoms with Crippen molar-refractivity contribution in [1.82, 2.24) is 0 Å². The molecule has 0 fully saturated rings. The number of ether oxygens (including phenoxy) is 1. The van der Waals surface area contributed by atoms with Crippen LogP contribution in [0.1, 0.15) is 17.3 Å². The van der Waals surface area contributed by atoms with Crippen molar-refractivity contribution < 1.29 is 14.3 Å². The molecule has 132 valence electrons. The van der Waals surface area contributed by atoms with Crippen LogP contribution in [0.4, 0.5) is 11.4 Å². The van der Waals surface area contributed by atoms with Gasteiger partial charge in [0.2, 0.25) is 5.91 Å². The van der Waals surface area contributed by atoms with Gasteiger partial charge in [-0.15, -0.1) is 0 Å². The highest BCUT2D eigenvalue weighted by Gasteiger charge is 2.08. The molecule has 2 N–H and O–H groups in total. The highest BCUT2D eigenvalue weighted by Crippen LogP contribution is 2.22. The molecule has 0 heterocycles. The van der Waals surface area contributed by atoms with Crippen molar-refractivity contribution in [3.05, 3.63) is 72.3 Å². The summed E-state index contributed by atoms with van der Waals surface area (Å²) in [5, 5.41) is 8.16. The van der Waals surface area contributed by atoms with Crippen molar-refractivity contribution in [3.8, 4) is 0 Å². The zero-order valence-corrected chi connectivity index (χ0v) is 14.5. The molecule has 5 heteroatoms. The highest BCUT2D eigenvalue weighted by atomic mass is 16.5. The molecule has 0 aromatic heterocycles. The molecule has 5 nitrogen and oxygen atoms in total. The summed E-state index contributed by atoms with van der Waals surface area (Å²) in [5.41, 5.74) is 2.00. The van der Waals surface area contributed by atoms with Crippen molar-refractivity contribution in [2.45, 2.75) is 6.92 Å². The van der Waals surface area contributed by atoms with E-state index >= 15 is 0 Å². The molecule has 0 aliphatic heterocycles. The van der Waals surface area contributed by atoms with Crippen LogP contribution in [-0.4, -0.2) is 25.0 Å². The first-order chi connectivity index (χ1) is 12.7. The summed E-state index contributed by atoms with van der Waals surface area (Å²) in [6, 6.07) is 20.6. The maximum absolute atomic E-state index is 12.2. The molecule has 1 amide bonds. The standard InChI is InChI=1S/C21H20N2O3/c1-2-26-21(25)16-10-12-17(13-11-16)23-20(24)14-22-19-9-5-7-15-6-3-4-8-18(15)19/h3-13,22H,2,14H2,1H3,(H,23,24). The Morgan fingerprint density at radius 3 is 2.42 bits per heavy atom. The summed E-state index contributed by atoms with van der Waals surface area (Å²) in [4.78, 5) is 23.8. The number of anilines is 2. The van der Waals surface area contributed by atoms with Gasteiger partial charge in [-0.1, -0.05) is 36.4 Å². The first kappa shape index (κ1) is 17.5. The number of esters is 1. The van der Waals surface area contributed by atoms with E-state index in [0.29, 0.717) is 17.9 Å². The van der Waals surface area contributed by atoms with E-state index in [9.17, 15) is 9.59 Å². The van der Waals surface area contributed by atoms with E-state index in [1.165, 1.54) is 0 Å². The maximum Gasteiger partial charge on any atom is 0.338 e. The minimum atomic E-state index is -0.372. The fourth-order valence-corrected chi connectivity index (χ4v) is 2.66. The number of amides is 1. The van der Waals surface area contributed by atoms with E-state index in [2.05, 4.69) is 10.6 Å². The zero-order valence-electron chi connectivity index (χ0n) is 14.5. The highest BCUT2D eigenvalue weighted by molar-refractivity contribution is 5.98. The van der Waals surface area contributed by atoms with Crippen LogP contribution in [0.2, 0.25) is 0 Å². The summed E-state index contributed by atoms with van der Waals surface area (Å²) < 4.78 is 4.94. The molecular formula is C21H20N2O3. The van der Waals surface area contributed by atoms with Crippen LogP contribution < -0.4 is 10.6 Å². The lowest BCUT2D eigenvalue weighted by atomic mass is 10.1. The second-order valence-electron chi connectivity index (χ2n) is 5.73. The van der Waals surface area contributed by atoms with Gasteiger partial charge < -0.3 is 15.4 Å². The smallest absolute Gasteiger partial charge is 0.338 e. The topological polar surface area (TPSA) is 67.4 Å². The van der Waals surface area contributed by atoms with Gasteiger partial charge in [-0.05, 0) is 42.6 Å². The average molecular weight is 348 g/mol. The van der Waals surface area contributed by atoms with Crippen LogP contribution in [0, 0.1) is 0 Å². The third kappa shape index (κ3) is 4.19. The minimum Gasteiger partial charge on any atom is -0.462 e. The third-order valence-electron chi connectivity index (χ3n) is 3.91. The fraction of sp³-hybridized carbons (Fsp3) is 0.143. The van der Waals surface area contributed by atoms with Crippen molar-refractivity contribution in [3.63, 3.8) is 0 Å². The molecule has 3 rings (SSSR count). The Kier molecular flexibility index (Phi) is 5.49.